The van der Waals surface area contributed by atoms with Gasteiger partial charge in [-0.15, -0.1) is 0 Å². The molecule has 24 heavy (non-hydrogen) atoms. The fraction of sp³-hybridized carbons (Fsp3) is 0.600. The van der Waals surface area contributed by atoms with Gasteiger partial charge in [0.05, 0.1) is 5.56 Å². The first-order valence-electron chi connectivity index (χ1n) is 8.11. The largest absolute Gasteiger partial charge is 0.357 e. The Labute approximate surface area is 142 Å². The predicted molar refractivity (Wildman–Crippen MR) is 93.7 cm³/mol. The third-order valence-electron chi connectivity index (χ3n) is 3.59. The topological polar surface area (TPSA) is 146 Å². The summed E-state index contributed by atoms with van der Waals surface area (Å²) in [5.41, 5.74) is 17.3. The van der Waals surface area contributed by atoms with E-state index in [0.29, 0.717) is 57.9 Å². The third-order valence-corrected chi connectivity index (χ3v) is 3.59. The second-order valence-corrected chi connectivity index (χ2v) is 5.32. The van der Waals surface area contributed by atoms with Crippen LogP contribution in [-0.4, -0.2) is 86.0 Å². The van der Waals surface area contributed by atoms with E-state index in [1.807, 2.05) is 7.05 Å². The van der Waals surface area contributed by atoms with Crippen molar-refractivity contribution in [2.45, 2.75) is 0 Å². The summed E-state index contributed by atoms with van der Waals surface area (Å²) in [4.78, 5) is 31.5. The highest BCUT2D eigenvalue weighted by Gasteiger charge is 2.25. The predicted octanol–water partition coefficient (Wildman–Crippen LogP) is -2.01. The third kappa shape index (κ3) is 5.31. The van der Waals surface area contributed by atoms with E-state index in [1.165, 1.54) is 0 Å². The molecule has 9 heteroatoms. The Morgan fingerprint density at radius 2 is 1.54 bits per heavy atom. The number of carbonyl (C=O) groups excluding carboxylic acids is 2. The lowest BCUT2D eigenvalue weighted by Gasteiger charge is -2.24. The molecule has 0 aromatic carbocycles. The van der Waals surface area contributed by atoms with Gasteiger partial charge < -0.3 is 37.3 Å². The van der Waals surface area contributed by atoms with Gasteiger partial charge in [-0.3, -0.25) is 9.59 Å². The molecule has 1 aromatic heterocycles. The number of H-pyrrole nitrogens is 1. The quantitative estimate of drug-likeness (QED) is 0.315. The van der Waals surface area contributed by atoms with E-state index in [-0.39, 0.29) is 17.5 Å². The summed E-state index contributed by atoms with van der Waals surface area (Å²) in [5, 5.41) is 3.00. The molecule has 0 aliphatic carbocycles. The van der Waals surface area contributed by atoms with E-state index < -0.39 is 0 Å². The number of aromatic nitrogens is 1. The van der Waals surface area contributed by atoms with E-state index in [0.717, 1.165) is 0 Å². The molecule has 0 bridgehead atoms. The minimum atomic E-state index is -0.253. The van der Waals surface area contributed by atoms with Crippen molar-refractivity contribution in [1.82, 2.24) is 20.1 Å². The lowest BCUT2D eigenvalue weighted by Crippen LogP contribution is -2.42. The van der Waals surface area contributed by atoms with E-state index >= 15 is 0 Å². The zero-order chi connectivity index (χ0) is 17.9. The van der Waals surface area contributed by atoms with Crippen LogP contribution in [-0.2, 0) is 0 Å². The highest BCUT2D eigenvalue weighted by atomic mass is 16.2. The van der Waals surface area contributed by atoms with Crippen molar-refractivity contribution in [3.63, 3.8) is 0 Å². The van der Waals surface area contributed by atoms with Crippen molar-refractivity contribution in [3.8, 4) is 0 Å². The van der Waals surface area contributed by atoms with Gasteiger partial charge in [0.1, 0.15) is 5.69 Å². The van der Waals surface area contributed by atoms with Crippen LogP contribution >= 0.6 is 0 Å². The molecule has 0 fully saturated rings. The summed E-state index contributed by atoms with van der Waals surface area (Å²) in [6.07, 6.45) is 1.59. The molecular formula is C15H29N7O2. The number of rotatable bonds is 11. The van der Waals surface area contributed by atoms with Crippen LogP contribution in [0.3, 0.4) is 0 Å². The number of hydrogen-bond acceptors (Lipinski definition) is 6. The standard InChI is InChI=1S/C15H29N7O2/c1-19-7-11-22(10-5-18)15(24)13-12(2-6-20-13)14(23)21(8-3-16)9-4-17/h2,6,19-20H,3-5,7-11,16-18H2,1H3. The Balaban J connectivity index is 2.99. The SMILES string of the molecule is CNCCN(CCN)C(=O)c1[nH]ccc1C(=O)N(CCN)CCN. The zero-order valence-electron chi connectivity index (χ0n) is 14.3. The molecule has 0 unspecified atom stereocenters. The average molecular weight is 339 g/mol. The first kappa shape index (κ1) is 20.1. The van der Waals surface area contributed by atoms with Crippen LogP contribution in [0.4, 0.5) is 0 Å². The maximum absolute atomic E-state index is 12.8. The van der Waals surface area contributed by atoms with Gasteiger partial charge in [0.2, 0.25) is 0 Å². The van der Waals surface area contributed by atoms with Gasteiger partial charge in [-0.2, -0.15) is 0 Å². The van der Waals surface area contributed by atoms with Gasteiger partial charge in [0, 0.05) is 58.6 Å². The highest BCUT2D eigenvalue weighted by Crippen LogP contribution is 2.13. The number of aromatic amines is 1. The minimum absolute atomic E-state index is 0.246. The maximum Gasteiger partial charge on any atom is 0.271 e. The molecule has 136 valence electrons. The van der Waals surface area contributed by atoms with Crippen molar-refractivity contribution in [1.29, 1.82) is 0 Å². The van der Waals surface area contributed by atoms with Crippen LogP contribution < -0.4 is 22.5 Å². The second-order valence-electron chi connectivity index (χ2n) is 5.32. The molecule has 0 spiro atoms. The van der Waals surface area contributed by atoms with E-state index in [1.54, 1.807) is 22.1 Å². The lowest BCUT2D eigenvalue weighted by atomic mass is 10.2. The van der Waals surface area contributed by atoms with Crippen molar-refractivity contribution >= 4 is 11.8 Å². The Kier molecular flexibility index (Phi) is 9.02. The molecule has 9 nitrogen and oxygen atoms in total. The molecule has 0 saturated carbocycles. The summed E-state index contributed by atoms with van der Waals surface area (Å²) in [7, 11) is 1.81. The summed E-state index contributed by atoms with van der Waals surface area (Å²) < 4.78 is 0. The molecule has 0 saturated heterocycles. The number of likely N-dealkylation sites (N-methyl/N-ethyl adjacent to an activating group) is 1. The Morgan fingerprint density at radius 3 is 2.04 bits per heavy atom. The fourth-order valence-electron chi connectivity index (χ4n) is 2.40. The Morgan fingerprint density at radius 1 is 1.00 bits per heavy atom. The molecule has 0 radical (unpaired) electrons. The lowest BCUT2D eigenvalue weighted by molar-refractivity contribution is 0.0722. The molecule has 1 rings (SSSR count). The van der Waals surface area contributed by atoms with E-state index in [4.69, 9.17) is 17.2 Å². The van der Waals surface area contributed by atoms with Gasteiger partial charge in [0.25, 0.3) is 11.8 Å². The molecule has 0 aliphatic heterocycles. The van der Waals surface area contributed by atoms with Crippen molar-refractivity contribution < 1.29 is 9.59 Å². The van der Waals surface area contributed by atoms with Gasteiger partial charge in [0.15, 0.2) is 0 Å². The molecule has 0 aliphatic rings. The van der Waals surface area contributed by atoms with Crippen LogP contribution in [0.5, 0.6) is 0 Å². The maximum atomic E-state index is 12.8. The highest BCUT2D eigenvalue weighted by molar-refractivity contribution is 6.06. The van der Waals surface area contributed by atoms with Crippen molar-refractivity contribution in [2.75, 3.05) is 59.4 Å². The number of nitrogens with one attached hydrogen (secondary N) is 2. The van der Waals surface area contributed by atoms with E-state index in [2.05, 4.69) is 10.3 Å². The molecular weight excluding hydrogens is 310 g/mol. The number of nitrogens with zero attached hydrogens (tertiary/aromatic N) is 2. The number of nitrogens with two attached hydrogens (primary N) is 3. The van der Waals surface area contributed by atoms with Crippen LogP contribution in [0.25, 0.3) is 0 Å². The summed E-state index contributed by atoms with van der Waals surface area (Å²) >= 11 is 0. The van der Waals surface area contributed by atoms with Gasteiger partial charge >= 0.3 is 0 Å². The molecule has 8 N–H and O–H groups in total. The minimum Gasteiger partial charge on any atom is -0.357 e. The van der Waals surface area contributed by atoms with Crippen molar-refractivity contribution in [2.24, 2.45) is 17.2 Å². The molecule has 0 atom stereocenters. The van der Waals surface area contributed by atoms with Gasteiger partial charge in [-0.05, 0) is 13.1 Å². The number of hydrogen-bond donors (Lipinski definition) is 5. The summed E-state index contributed by atoms with van der Waals surface area (Å²) in [6, 6.07) is 1.61. The van der Waals surface area contributed by atoms with Gasteiger partial charge in [-0.25, -0.2) is 0 Å². The molecule has 1 aromatic rings. The summed E-state index contributed by atoms with van der Waals surface area (Å²) in [6.45, 7) is 3.37. The number of amides is 2. The van der Waals surface area contributed by atoms with Crippen LogP contribution in [0.1, 0.15) is 20.8 Å². The zero-order valence-corrected chi connectivity index (χ0v) is 14.3. The van der Waals surface area contributed by atoms with E-state index in [9.17, 15) is 9.59 Å². The Hall–Kier alpha value is -1.94. The second kappa shape index (κ2) is 10.8. The monoisotopic (exact) mass is 339 g/mol. The smallest absolute Gasteiger partial charge is 0.271 e. The first-order chi connectivity index (χ1) is 11.6. The van der Waals surface area contributed by atoms with Gasteiger partial charge in [-0.1, -0.05) is 0 Å². The Bertz CT molecular complexity index is 512. The summed E-state index contributed by atoms with van der Waals surface area (Å²) in [5.74, 6) is -0.499. The molecule has 1 heterocycles. The average Bonchev–Trinajstić information content (AvgIpc) is 3.06. The number of carbonyl (C=O) groups is 2. The van der Waals surface area contributed by atoms with Crippen molar-refractivity contribution in [3.05, 3.63) is 23.5 Å². The normalized spacial score (nSPS) is 10.7. The van der Waals surface area contributed by atoms with Crippen LogP contribution in [0.15, 0.2) is 12.3 Å². The van der Waals surface area contributed by atoms with Crippen LogP contribution in [0, 0.1) is 0 Å². The molecule has 2 amide bonds. The first-order valence-corrected chi connectivity index (χ1v) is 8.11. The fourth-order valence-corrected chi connectivity index (χ4v) is 2.40. The van der Waals surface area contributed by atoms with Crippen LogP contribution in [0.2, 0.25) is 0 Å².